The third-order valence-electron chi connectivity index (χ3n) is 8.79. The van der Waals surface area contributed by atoms with E-state index < -0.39 is 16.8 Å². The Kier molecular flexibility index (Phi) is 9.75. The van der Waals surface area contributed by atoms with Crippen LogP contribution in [0.2, 0.25) is 0 Å². The Hall–Kier alpha value is -3.79. The van der Waals surface area contributed by atoms with Gasteiger partial charge in [-0.25, -0.2) is 4.79 Å². The molecule has 3 aromatic rings. The SMILES string of the molecule is CCCCCCOC(=O)/N=C(/N)c1ccc2c(c1)[N+]([O-])(Cc1cccc3ccccc13)C(C(=O)NC1CCN(C)CC1)C2. The molecule has 2 aliphatic rings. The van der Waals surface area contributed by atoms with E-state index in [1.54, 1.807) is 12.1 Å². The monoisotopic (exact) mass is 585 g/mol. The van der Waals surface area contributed by atoms with Gasteiger partial charge in [0.25, 0.3) is 5.91 Å². The summed E-state index contributed by atoms with van der Waals surface area (Å²) in [6.45, 7) is 4.31. The Labute approximate surface area is 253 Å². The minimum absolute atomic E-state index is 0.0164. The number of hydrogen-bond donors (Lipinski definition) is 2. The van der Waals surface area contributed by atoms with E-state index in [0.29, 0.717) is 24.3 Å². The first kappa shape index (κ1) is 30.7. The summed E-state index contributed by atoms with van der Waals surface area (Å²) in [6.07, 6.45) is 5.23. The smallest absolute Gasteiger partial charge is 0.435 e. The van der Waals surface area contributed by atoms with Gasteiger partial charge in [0, 0.05) is 35.2 Å². The van der Waals surface area contributed by atoms with Crippen LogP contribution in [0.25, 0.3) is 10.8 Å². The molecule has 0 aromatic heterocycles. The number of hydroxylamine groups is 2. The maximum atomic E-state index is 15.1. The van der Waals surface area contributed by atoms with Crippen molar-refractivity contribution in [2.75, 3.05) is 26.7 Å². The van der Waals surface area contributed by atoms with Crippen LogP contribution < -0.4 is 15.7 Å². The highest BCUT2D eigenvalue weighted by Crippen LogP contribution is 2.42. The van der Waals surface area contributed by atoms with Crippen LogP contribution in [0.5, 0.6) is 0 Å². The zero-order valence-corrected chi connectivity index (χ0v) is 25.3. The fraction of sp³-hybridized carbons (Fsp3) is 0.441. The molecular weight excluding hydrogens is 542 g/mol. The summed E-state index contributed by atoms with van der Waals surface area (Å²) in [5.41, 5.74) is 8.84. The highest BCUT2D eigenvalue weighted by Gasteiger charge is 2.46. The van der Waals surface area contributed by atoms with Crippen LogP contribution in [0.1, 0.15) is 62.1 Å². The van der Waals surface area contributed by atoms with Crippen molar-refractivity contribution < 1.29 is 14.3 Å². The average molecular weight is 586 g/mol. The Balaban J connectivity index is 1.43. The summed E-state index contributed by atoms with van der Waals surface area (Å²) in [4.78, 5) is 32.3. The molecule has 5 rings (SSSR count). The number of likely N-dealkylation sites (tertiary alicyclic amines) is 1. The van der Waals surface area contributed by atoms with Crippen LogP contribution in [0.4, 0.5) is 10.5 Å². The number of hydrogen-bond acceptors (Lipinski definition) is 5. The van der Waals surface area contributed by atoms with Crippen molar-refractivity contribution in [2.24, 2.45) is 10.7 Å². The summed E-state index contributed by atoms with van der Waals surface area (Å²) >= 11 is 0. The molecule has 2 amide bonds. The molecule has 1 fully saturated rings. The summed E-state index contributed by atoms with van der Waals surface area (Å²) in [6, 6.07) is 18.4. The molecule has 228 valence electrons. The minimum atomic E-state index is -0.852. The maximum Gasteiger partial charge on any atom is 0.435 e. The molecule has 9 heteroatoms. The van der Waals surface area contributed by atoms with Crippen LogP contribution in [-0.2, 0) is 22.5 Å². The molecule has 0 spiro atoms. The Bertz CT molecular complexity index is 1480. The van der Waals surface area contributed by atoms with Crippen LogP contribution >= 0.6 is 0 Å². The van der Waals surface area contributed by atoms with Gasteiger partial charge in [0.1, 0.15) is 18.1 Å². The number of ether oxygens (including phenoxy) is 1. The number of unbranched alkanes of at least 4 members (excludes halogenated alkanes) is 3. The summed E-state index contributed by atoms with van der Waals surface area (Å²) in [5, 5.41) is 20.3. The zero-order chi connectivity index (χ0) is 30.4. The lowest BCUT2D eigenvalue weighted by atomic mass is 10.0. The molecule has 0 saturated carbocycles. The number of amidine groups is 1. The summed E-state index contributed by atoms with van der Waals surface area (Å²) in [7, 11) is 2.08. The number of nitrogens with two attached hydrogens (primary N) is 1. The first-order valence-corrected chi connectivity index (χ1v) is 15.5. The number of carbonyl (C=O) groups excluding carboxylic acids is 2. The van der Waals surface area contributed by atoms with Crippen molar-refractivity contribution in [1.82, 2.24) is 14.9 Å². The molecule has 2 atom stereocenters. The standard InChI is InChI=1S/C34H43N5O4/c1-3-4-5-8-20-43-34(41)37-32(35)26-15-14-25-21-31(33(40)36-28-16-18-38(2)19-17-28)39(42,30(25)22-26)23-27-12-9-11-24-10-6-7-13-29(24)27/h6-7,9-15,22,28,31H,3-5,8,16-21,23H2,1-2H3,(H,36,40)(H2,35,37,41). The Morgan fingerprint density at radius 2 is 1.84 bits per heavy atom. The van der Waals surface area contributed by atoms with E-state index in [0.717, 1.165) is 73.5 Å². The van der Waals surface area contributed by atoms with Gasteiger partial charge in [-0.05, 0) is 50.2 Å². The Morgan fingerprint density at radius 1 is 1.07 bits per heavy atom. The van der Waals surface area contributed by atoms with Crippen molar-refractivity contribution in [2.45, 2.75) is 70.5 Å². The van der Waals surface area contributed by atoms with Crippen LogP contribution in [-0.4, -0.2) is 61.6 Å². The van der Waals surface area contributed by atoms with Gasteiger partial charge in [0.15, 0.2) is 6.04 Å². The van der Waals surface area contributed by atoms with Crippen LogP contribution in [0.15, 0.2) is 65.7 Å². The van der Waals surface area contributed by atoms with Gasteiger partial charge in [0.05, 0.1) is 6.61 Å². The fourth-order valence-corrected chi connectivity index (χ4v) is 6.27. The van der Waals surface area contributed by atoms with Gasteiger partial charge in [-0.3, -0.25) is 4.79 Å². The van der Waals surface area contributed by atoms with Crippen LogP contribution in [0, 0.1) is 5.21 Å². The number of piperidine rings is 1. The van der Waals surface area contributed by atoms with Gasteiger partial charge in [0.2, 0.25) is 0 Å². The highest BCUT2D eigenvalue weighted by molar-refractivity contribution is 6.03. The average Bonchev–Trinajstić information content (AvgIpc) is 3.29. The third kappa shape index (κ3) is 7.06. The van der Waals surface area contributed by atoms with Gasteiger partial charge in [-0.15, -0.1) is 0 Å². The second kappa shape index (κ2) is 13.7. The second-order valence-electron chi connectivity index (χ2n) is 11.9. The van der Waals surface area contributed by atoms with Gasteiger partial charge < -0.3 is 30.5 Å². The molecule has 43 heavy (non-hydrogen) atoms. The number of quaternary nitrogens is 1. The van der Waals surface area contributed by atoms with Crippen molar-refractivity contribution >= 4 is 34.3 Å². The predicted octanol–water partition coefficient (Wildman–Crippen LogP) is 5.40. The van der Waals surface area contributed by atoms with E-state index in [2.05, 4.69) is 29.2 Å². The third-order valence-corrected chi connectivity index (χ3v) is 8.79. The molecule has 0 bridgehead atoms. The number of fused-ring (bicyclic) bond motifs is 2. The molecule has 0 aliphatic carbocycles. The fourth-order valence-electron chi connectivity index (χ4n) is 6.27. The molecule has 3 aromatic carbocycles. The zero-order valence-electron chi connectivity index (χ0n) is 25.3. The van der Waals surface area contributed by atoms with E-state index in [1.165, 1.54) is 0 Å². The summed E-state index contributed by atoms with van der Waals surface area (Å²) in [5.74, 6) is -0.242. The van der Waals surface area contributed by atoms with Gasteiger partial charge >= 0.3 is 6.09 Å². The molecule has 2 unspecified atom stereocenters. The predicted molar refractivity (Wildman–Crippen MR) is 172 cm³/mol. The number of nitrogens with one attached hydrogen (secondary N) is 1. The lowest BCUT2D eigenvalue weighted by Crippen LogP contribution is -2.58. The molecule has 2 heterocycles. The van der Waals surface area contributed by atoms with E-state index in [-0.39, 0.29) is 24.3 Å². The lowest BCUT2D eigenvalue weighted by Gasteiger charge is -2.44. The molecular formula is C34H43N5O4. The number of aliphatic imine (C=N–C) groups is 1. The number of amides is 2. The first-order chi connectivity index (χ1) is 20.8. The van der Waals surface area contributed by atoms with Crippen molar-refractivity contribution in [3.8, 4) is 0 Å². The number of nitrogens with zero attached hydrogens (tertiary/aromatic N) is 3. The summed E-state index contributed by atoms with van der Waals surface area (Å²) < 4.78 is 4.39. The number of rotatable bonds is 10. The van der Waals surface area contributed by atoms with E-state index in [1.807, 2.05) is 48.5 Å². The van der Waals surface area contributed by atoms with Crippen molar-refractivity contribution in [3.05, 3.63) is 82.6 Å². The van der Waals surface area contributed by atoms with E-state index in [9.17, 15) is 9.59 Å². The second-order valence-corrected chi connectivity index (χ2v) is 11.9. The van der Waals surface area contributed by atoms with Crippen LogP contribution in [0.3, 0.4) is 0 Å². The molecule has 1 saturated heterocycles. The van der Waals surface area contributed by atoms with Gasteiger partial charge in [-0.1, -0.05) is 80.8 Å². The molecule has 3 N–H and O–H groups in total. The Morgan fingerprint density at radius 3 is 2.63 bits per heavy atom. The number of carbonyl (C=O) groups is 2. The topological polar surface area (TPSA) is 120 Å². The number of benzene rings is 3. The highest BCUT2D eigenvalue weighted by atomic mass is 16.6. The molecule has 0 radical (unpaired) electrons. The lowest BCUT2D eigenvalue weighted by molar-refractivity contribution is -0.126. The largest absolute Gasteiger partial charge is 0.627 e. The van der Waals surface area contributed by atoms with Crippen molar-refractivity contribution in [1.29, 1.82) is 0 Å². The molecule has 2 aliphatic heterocycles. The first-order valence-electron chi connectivity index (χ1n) is 15.5. The normalized spacial score (nSPS) is 21.1. The molecule has 9 nitrogen and oxygen atoms in total. The minimum Gasteiger partial charge on any atom is -0.627 e. The van der Waals surface area contributed by atoms with Crippen molar-refractivity contribution in [3.63, 3.8) is 0 Å². The van der Waals surface area contributed by atoms with Gasteiger partial charge in [-0.2, -0.15) is 4.99 Å². The van der Waals surface area contributed by atoms with E-state index in [4.69, 9.17) is 10.5 Å². The maximum absolute atomic E-state index is 15.1. The van der Waals surface area contributed by atoms with E-state index >= 15 is 5.21 Å². The quantitative estimate of drug-likeness (QED) is 0.108.